The summed E-state index contributed by atoms with van der Waals surface area (Å²) in [6.45, 7) is 11.0. The van der Waals surface area contributed by atoms with Crippen LogP contribution in [-0.4, -0.2) is 37.8 Å². The number of aliphatic hydroxyl groups is 2. The zero-order chi connectivity index (χ0) is 20.2. The first-order valence-corrected chi connectivity index (χ1v) is 12.3. The van der Waals surface area contributed by atoms with Gasteiger partial charge in [-0.1, -0.05) is 39.0 Å². The quantitative estimate of drug-likeness (QED) is 0.669. The molecule has 0 saturated heterocycles. The van der Waals surface area contributed by atoms with Gasteiger partial charge in [-0.15, -0.1) is 0 Å². The Morgan fingerprint density at radius 2 is 1.96 bits per heavy atom. The van der Waals surface area contributed by atoms with Crippen molar-refractivity contribution in [3.05, 3.63) is 54.0 Å². The van der Waals surface area contributed by atoms with Gasteiger partial charge in [0.2, 0.25) is 0 Å². The lowest BCUT2D eigenvalue weighted by Crippen LogP contribution is -2.45. The highest BCUT2D eigenvalue weighted by Gasteiger charge is 2.41. The normalized spacial score (nSPS) is 17.3. The third-order valence-electron chi connectivity index (χ3n) is 5.47. The highest BCUT2D eigenvalue weighted by atomic mass is 28.4. The van der Waals surface area contributed by atoms with Crippen LogP contribution in [-0.2, 0) is 4.43 Å². The maximum Gasteiger partial charge on any atom is 0.192 e. The number of rotatable bonds is 7. The highest BCUT2D eigenvalue weighted by Crippen LogP contribution is 2.39. The number of aliphatic hydroxyl groups excluding tert-OH is 2. The maximum atomic E-state index is 14.8. The summed E-state index contributed by atoms with van der Waals surface area (Å²) < 4.78 is 21.1. The van der Waals surface area contributed by atoms with Crippen molar-refractivity contribution in [1.29, 1.82) is 0 Å². The lowest BCUT2D eigenvalue weighted by molar-refractivity contribution is 0.0102. The van der Waals surface area contributed by atoms with E-state index in [9.17, 15) is 14.6 Å². The van der Waals surface area contributed by atoms with E-state index >= 15 is 0 Å². The van der Waals surface area contributed by atoms with Crippen molar-refractivity contribution in [3.63, 3.8) is 0 Å². The molecule has 2 N–H and O–H groups in total. The lowest BCUT2D eigenvalue weighted by atomic mass is 10.0. The number of halogens is 1. The van der Waals surface area contributed by atoms with Gasteiger partial charge in [0.1, 0.15) is 11.9 Å². The Labute approximate surface area is 163 Å². The summed E-state index contributed by atoms with van der Waals surface area (Å²) in [5.74, 6) is -0.468. The topological polar surface area (TPSA) is 52.9 Å². The fraction of sp³-hybridized carbons (Fsp3) is 0.524. The molecule has 2 rings (SSSR count). The zero-order valence-corrected chi connectivity index (χ0v) is 17.9. The average molecular weight is 394 g/mol. The van der Waals surface area contributed by atoms with Gasteiger partial charge >= 0.3 is 0 Å². The Morgan fingerprint density at radius 3 is 2.48 bits per heavy atom. The van der Waals surface area contributed by atoms with E-state index in [1.54, 1.807) is 12.1 Å². The Hall–Kier alpha value is -1.47. The molecule has 0 saturated carbocycles. The Balaban J connectivity index is 2.23. The molecule has 0 amide bonds. The summed E-state index contributed by atoms with van der Waals surface area (Å²) in [5, 5.41) is 20.2. The number of allylic oxidation sites excluding steroid dienone is 2. The molecule has 0 fully saturated rings. The number of anilines is 1. The summed E-state index contributed by atoms with van der Waals surface area (Å²) in [6.07, 6.45) is 6.21. The molecule has 6 heteroatoms. The van der Waals surface area contributed by atoms with E-state index in [2.05, 4.69) is 33.9 Å². The van der Waals surface area contributed by atoms with Crippen LogP contribution >= 0.6 is 0 Å². The second kappa shape index (κ2) is 8.69. The Morgan fingerprint density at radius 1 is 1.26 bits per heavy atom. The third kappa shape index (κ3) is 5.29. The van der Waals surface area contributed by atoms with Crippen LogP contribution in [0.1, 0.15) is 38.9 Å². The number of hydrogen-bond acceptors (Lipinski definition) is 4. The fourth-order valence-electron chi connectivity index (χ4n) is 2.76. The third-order valence-corrected chi connectivity index (χ3v) is 9.97. The summed E-state index contributed by atoms with van der Waals surface area (Å²) >= 11 is 0. The molecule has 1 aromatic rings. The smallest absolute Gasteiger partial charge is 0.192 e. The van der Waals surface area contributed by atoms with Crippen LogP contribution in [0.15, 0.2) is 42.6 Å². The molecule has 0 bridgehead atoms. The van der Waals surface area contributed by atoms with Gasteiger partial charge in [0.05, 0.1) is 6.10 Å². The lowest BCUT2D eigenvalue weighted by Gasteiger charge is -2.40. The molecule has 0 aliphatic carbocycles. The second-order valence-electron chi connectivity index (χ2n) is 8.50. The van der Waals surface area contributed by atoms with Crippen LogP contribution in [0, 0.1) is 5.82 Å². The minimum absolute atomic E-state index is 0.0447. The van der Waals surface area contributed by atoms with Gasteiger partial charge < -0.3 is 19.5 Å². The van der Waals surface area contributed by atoms with Crippen LogP contribution in [0.3, 0.4) is 0 Å². The van der Waals surface area contributed by atoms with Crippen LogP contribution in [0.25, 0.3) is 0 Å². The van der Waals surface area contributed by atoms with E-state index in [0.717, 1.165) is 5.69 Å². The molecule has 1 aliphatic rings. The van der Waals surface area contributed by atoms with Gasteiger partial charge in [-0.05, 0) is 42.8 Å². The first kappa shape index (κ1) is 21.8. The standard InChI is InChI=1S/C21H32FNO3Si/c1-21(2,3)27(4,5)26-19(11-14-24)20(25)17-10-9-16(15-18(17)22)23-12-7-6-8-13-23/h6-10,12,15,19-20,24-25H,11,13-14H2,1-5H3. The molecule has 1 heterocycles. The molecular formula is C21H32FNO3Si. The minimum atomic E-state index is -2.17. The minimum Gasteiger partial charge on any atom is -0.411 e. The van der Waals surface area contributed by atoms with Crippen LogP contribution in [0.5, 0.6) is 0 Å². The number of nitrogens with zero attached hydrogens (tertiary/aromatic N) is 1. The molecule has 0 aromatic heterocycles. The average Bonchev–Trinajstić information content (AvgIpc) is 2.60. The first-order valence-electron chi connectivity index (χ1n) is 9.43. The van der Waals surface area contributed by atoms with Gasteiger partial charge in [-0.3, -0.25) is 0 Å². The van der Waals surface area contributed by atoms with Gasteiger partial charge in [0.25, 0.3) is 0 Å². The molecule has 2 unspecified atom stereocenters. The molecular weight excluding hydrogens is 361 g/mol. The Bertz CT molecular complexity index is 697. The number of benzene rings is 1. The van der Waals surface area contributed by atoms with E-state index in [0.29, 0.717) is 6.54 Å². The molecule has 2 atom stereocenters. The van der Waals surface area contributed by atoms with Crippen molar-refractivity contribution in [3.8, 4) is 0 Å². The van der Waals surface area contributed by atoms with Crippen molar-refractivity contribution in [1.82, 2.24) is 0 Å². The van der Waals surface area contributed by atoms with Gasteiger partial charge in [0, 0.05) is 30.6 Å². The zero-order valence-electron chi connectivity index (χ0n) is 16.9. The molecule has 0 spiro atoms. The van der Waals surface area contributed by atoms with Crippen molar-refractivity contribution < 1.29 is 19.0 Å². The van der Waals surface area contributed by atoms with Crippen molar-refractivity contribution in [2.75, 3.05) is 18.1 Å². The summed E-state index contributed by atoms with van der Waals surface area (Å²) in [5.41, 5.74) is 0.931. The predicted molar refractivity (Wildman–Crippen MR) is 111 cm³/mol. The number of hydrogen-bond donors (Lipinski definition) is 2. The van der Waals surface area contributed by atoms with E-state index in [4.69, 9.17) is 4.43 Å². The largest absolute Gasteiger partial charge is 0.411 e. The molecule has 4 nitrogen and oxygen atoms in total. The SMILES string of the molecule is CC(C)(C)[Si](C)(C)OC(CCO)C(O)c1ccc(N2C=CC=CC2)cc1F. The first-order chi connectivity index (χ1) is 12.6. The molecule has 0 radical (unpaired) electrons. The van der Waals surface area contributed by atoms with Crippen molar-refractivity contribution >= 4 is 14.0 Å². The molecule has 27 heavy (non-hydrogen) atoms. The van der Waals surface area contributed by atoms with Crippen LogP contribution < -0.4 is 4.90 Å². The summed E-state index contributed by atoms with van der Waals surface area (Å²) in [4.78, 5) is 1.93. The molecule has 1 aliphatic heterocycles. The van der Waals surface area contributed by atoms with Gasteiger partial charge in [-0.2, -0.15) is 0 Å². The monoisotopic (exact) mass is 393 g/mol. The van der Waals surface area contributed by atoms with Crippen LogP contribution in [0.4, 0.5) is 10.1 Å². The van der Waals surface area contributed by atoms with Gasteiger partial charge in [-0.25, -0.2) is 4.39 Å². The van der Waals surface area contributed by atoms with Crippen molar-refractivity contribution in [2.45, 2.75) is 57.5 Å². The Kier molecular flexibility index (Phi) is 7.02. The van der Waals surface area contributed by atoms with Crippen LogP contribution in [0.2, 0.25) is 18.1 Å². The maximum absolute atomic E-state index is 14.8. The predicted octanol–water partition coefficient (Wildman–Crippen LogP) is 4.52. The summed E-state index contributed by atoms with van der Waals surface area (Å²) in [7, 11) is -2.17. The van der Waals surface area contributed by atoms with E-state index in [-0.39, 0.29) is 23.6 Å². The van der Waals surface area contributed by atoms with E-state index < -0.39 is 26.3 Å². The van der Waals surface area contributed by atoms with E-state index in [1.807, 2.05) is 29.3 Å². The fourth-order valence-corrected chi connectivity index (χ4v) is 4.11. The molecule has 150 valence electrons. The van der Waals surface area contributed by atoms with Crippen molar-refractivity contribution in [2.24, 2.45) is 0 Å². The van der Waals surface area contributed by atoms with E-state index in [1.165, 1.54) is 6.07 Å². The summed E-state index contributed by atoms with van der Waals surface area (Å²) in [6, 6.07) is 4.85. The highest BCUT2D eigenvalue weighted by molar-refractivity contribution is 6.74. The second-order valence-corrected chi connectivity index (χ2v) is 13.3. The molecule has 1 aromatic carbocycles. The van der Waals surface area contributed by atoms with Gasteiger partial charge in [0.15, 0.2) is 8.32 Å².